The summed E-state index contributed by atoms with van der Waals surface area (Å²) in [5.41, 5.74) is 2.57. The number of rotatable bonds is 3. The van der Waals surface area contributed by atoms with Crippen molar-refractivity contribution in [3.8, 4) is 16.9 Å². The van der Waals surface area contributed by atoms with Crippen LogP contribution in [0.4, 0.5) is 23.7 Å². The first-order chi connectivity index (χ1) is 25.9. The Morgan fingerprint density at radius 1 is 0.964 bits per heavy atom. The number of halogens is 5. The van der Waals surface area contributed by atoms with E-state index in [-0.39, 0.29) is 29.2 Å². The van der Waals surface area contributed by atoms with Gasteiger partial charge >= 0.3 is 18.4 Å². The van der Waals surface area contributed by atoms with Gasteiger partial charge in [0.25, 0.3) is 5.56 Å². The van der Waals surface area contributed by atoms with Crippen LogP contribution in [0.2, 0.25) is 10.2 Å². The van der Waals surface area contributed by atoms with Crippen LogP contribution in [0.15, 0.2) is 65.8 Å². The Bertz CT molecular complexity index is 2090. The minimum Gasteiger partial charge on any atom is -0.444 e. The lowest BCUT2D eigenvalue weighted by Crippen LogP contribution is -2.61. The summed E-state index contributed by atoms with van der Waals surface area (Å²) in [6, 6.07) is 13.7. The molecule has 55 heavy (non-hydrogen) atoms. The topological polar surface area (TPSA) is 154 Å². The minimum atomic E-state index is -4.83. The highest BCUT2D eigenvalue weighted by molar-refractivity contribution is 6.31. The largest absolute Gasteiger partial charge is 0.575 e. The molecule has 0 spiro atoms. The van der Waals surface area contributed by atoms with E-state index in [0.29, 0.717) is 54.9 Å². The number of hydrogen-bond donors (Lipinski definition) is 1. The molecular weight excluding hydrogens is 768 g/mol. The SMILES string of the molecule is CC(=O)OC(F)(F)F.CC(C)(C)OC(=O)N1CCN2c3cccc(c3)[C@@H](n3cnc(-c4cc(Cl)ccc4-n4cc(Cl)nn4)cc3=O)CCCCNC(=O)[C@H]2C1. The molecule has 14 nitrogen and oxygen atoms in total. The summed E-state index contributed by atoms with van der Waals surface area (Å²) in [6.45, 7) is 7.69. The smallest absolute Gasteiger partial charge is 0.444 e. The van der Waals surface area contributed by atoms with Crippen LogP contribution in [-0.4, -0.2) is 91.6 Å². The van der Waals surface area contributed by atoms with Crippen molar-refractivity contribution in [1.29, 1.82) is 0 Å². The lowest BCUT2D eigenvalue weighted by atomic mass is 9.98. The molecule has 2 atom stereocenters. The Kier molecular flexibility index (Phi) is 12.8. The van der Waals surface area contributed by atoms with Gasteiger partial charge < -0.3 is 24.6 Å². The van der Waals surface area contributed by atoms with Gasteiger partial charge in [0.1, 0.15) is 11.6 Å². The third kappa shape index (κ3) is 11.0. The predicted octanol–water partition coefficient (Wildman–Crippen LogP) is 6.18. The fourth-order valence-corrected chi connectivity index (χ4v) is 6.50. The second-order valence-electron chi connectivity index (χ2n) is 13.7. The Labute approximate surface area is 324 Å². The maximum Gasteiger partial charge on any atom is 0.575 e. The quantitative estimate of drug-likeness (QED) is 0.238. The molecule has 2 amide bonds. The van der Waals surface area contributed by atoms with Crippen molar-refractivity contribution in [1.82, 2.24) is 34.8 Å². The molecule has 2 aromatic carbocycles. The average Bonchev–Trinajstić information content (AvgIpc) is 3.53. The molecule has 0 aliphatic carbocycles. The second-order valence-corrected chi connectivity index (χ2v) is 14.6. The molecule has 2 bridgehead atoms. The predicted molar refractivity (Wildman–Crippen MR) is 197 cm³/mol. The average molecular weight is 808 g/mol. The van der Waals surface area contributed by atoms with Crippen molar-refractivity contribution in [3.05, 3.63) is 87.1 Å². The number of nitrogens with one attached hydrogen (secondary N) is 1. The lowest BCUT2D eigenvalue weighted by molar-refractivity contribution is -0.304. The second kappa shape index (κ2) is 17.1. The van der Waals surface area contributed by atoms with Gasteiger partial charge in [-0.15, -0.1) is 18.3 Å². The summed E-state index contributed by atoms with van der Waals surface area (Å²) in [6.07, 6.45) is 0.0173. The molecule has 1 N–H and O–H groups in total. The molecular formula is C36H39Cl2F3N8O6. The van der Waals surface area contributed by atoms with Crippen molar-refractivity contribution in [2.75, 3.05) is 31.1 Å². The van der Waals surface area contributed by atoms with Gasteiger partial charge in [-0.3, -0.25) is 19.0 Å². The molecule has 2 aliphatic heterocycles. The van der Waals surface area contributed by atoms with Gasteiger partial charge in [0, 0.05) is 48.9 Å². The Balaban J connectivity index is 0.000000654. The van der Waals surface area contributed by atoms with E-state index in [1.165, 1.54) is 10.7 Å². The van der Waals surface area contributed by atoms with E-state index in [2.05, 4.69) is 20.4 Å². The number of amides is 2. The number of ether oxygens (including phenoxy) is 2. The number of carbonyl (C=O) groups excluding carboxylic acids is 3. The number of alkyl halides is 3. The molecule has 4 heterocycles. The van der Waals surface area contributed by atoms with Crippen LogP contribution in [0.5, 0.6) is 0 Å². The zero-order valence-corrected chi connectivity index (χ0v) is 31.9. The highest BCUT2D eigenvalue weighted by atomic mass is 35.5. The summed E-state index contributed by atoms with van der Waals surface area (Å²) in [5, 5.41) is 11.7. The van der Waals surface area contributed by atoms with Crippen LogP contribution >= 0.6 is 23.2 Å². The fraction of sp³-hybridized carbons (Fsp3) is 0.417. The van der Waals surface area contributed by atoms with Gasteiger partial charge in [0.15, 0.2) is 5.15 Å². The number of hydrogen-bond acceptors (Lipinski definition) is 10. The van der Waals surface area contributed by atoms with E-state index in [1.807, 2.05) is 49.9 Å². The number of carbonyl (C=O) groups is 3. The number of fused-ring (bicyclic) bond motifs is 4. The van der Waals surface area contributed by atoms with E-state index in [0.717, 1.165) is 24.1 Å². The lowest BCUT2D eigenvalue weighted by Gasteiger charge is -2.42. The van der Waals surface area contributed by atoms with E-state index >= 15 is 0 Å². The zero-order chi connectivity index (χ0) is 40.1. The van der Waals surface area contributed by atoms with E-state index in [9.17, 15) is 32.3 Å². The molecule has 1 saturated heterocycles. The molecule has 4 aromatic rings. The van der Waals surface area contributed by atoms with Crippen molar-refractivity contribution in [2.45, 2.75) is 71.0 Å². The van der Waals surface area contributed by atoms with Crippen molar-refractivity contribution < 1.29 is 37.0 Å². The number of piperazine rings is 1. The van der Waals surface area contributed by atoms with Crippen LogP contribution < -0.4 is 15.8 Å². The number of esters is 1. The number of benzene rings is 2. The van der Waals surface area contributed by atoms with E-state index < -0.39 is 30.1 Å². The summed E-state index contributed by atoms with van der Waals surface area (Å²) in [5.74, 6) is -1.48. The molecule has 294 valence electrons. The maximum atomic E-state index is 13.8. The van der Waals surface area contributed by atoms with Crippen molar-refractivity contribution >= 4 is 46.9 Å². The molecule has 2 aromatic heterocycles. The van der Waals surface area contributed by atoms with Gasteiger partial charge in [-0.2, -0.15) is 0 Å². The zero-order valence-electron chi connectivity index (χ0n) is 30.3. The minimum absolute atomic E-state index is 0.134. The number of nitrogens with zero attached hydrogens (tertiary/aromatic N) is 7. The fourth-order valence-electron chi connectivity index (χ4n) is 6.21. The van der Waals surface area contributed by atoms with Gasteiger partial charge in [-0.05, 0) is 75.9 Å². The van der Waals surface area contributed by atoms with Gasteiger partial charge in [0.2, 0.25) is 5.91 Å². The van der Waals surface area contributed by atoms with Gasteiger partial charge in [-0.25, -0.2) is 14.5 Å². The molecule has 19 heteroatoms. The highest BCUT2D eigenvalue weighted by Crippen LogP contribution is 2.32. The van der Waals surface area contributed by atoms with Gasteiger partial charge in [-0.1, -0.05) is 40.5 Å². The molecule has 1 fully saturated rings. The molecule has 0 radical (unpaired) electrons. The van der Waals surface area contributed by atoms with E-state index in [1.54, 1.807) is 40.2 Å². The monoisotopic (exact) mass is 806 g/mol. The van der Waals surface area contributed by atoms with Crippen LogP contribution in [0.25, 0.3) is 16.9 Å². The molecule has 0 saturated carbocycles. The third-order valence-corrected chi connectivity index (χ3v) is 8.91. The highest BCUT2D eigenvalue weighted by Gasteiger charge is 2.37. The van der Waals surface area contributed by atoms with E-state index in [4.69, 9.17) is 32.9 Å². The van der Waals surface area contributed by atoms with Crippen LogP contribution in [0.1, 0.15) is 58.6 Å². The maximum absolute atomic E-state index is 13.8. The molecule has 2 aliphatic rings. The summed E-state index contributed by atoms with van der Waals surface area (Å²) in [7, 11) is 0. The summed E-state index contributed by atoms with van der Waals surface area (Å²) >= 11 is 12.4. The van der Waals surface area contributed by atoms with Crippen molar-refractivity contribution in [3.63, 3.8) is 0 Å². The Morgan fingerprint density at radius 3 is 2.36 bits per heavy atom. The Hall–Kier alpha value is -5.16. The third-order valence-electron chi connectivity index (χ3n) is 8.50. The first-order valence-corrected chi connectivity index (χ1v) is 18.0. The first-order valence-electron chi connectivity index (χ1n) is 17.2. The van der Waals surface area contributed by atoms with Crippen LogP contribution in [-0.2, 0) is 19.1 Å². The van der Waals surface area contributed by atoms with Crippen molar-refractivity contribution in [2.24, 2.45) is 0 Å². The summed E-state index contributed by atoms with van der Waals surface area (Å²) < 4.78 is 44.2. The normalized spacial score (nSPS) is 17.7. The number of aromatic nitrogens is 5. The Morgan fingerprint density at radius 2 is 1.73 bits per heavy atom. The van der Waals surface area contributed by atoms with Gasteiger partial charge in [0.05, 0.1) is 36.5 Å². The molecule has 6 rings (SSSR count). The first kappa shape index (κ1) is 41.0. The molecule has 0 unspecified atom stereocenters. The standard InChI is InChI=1S/C33H36Cl2N8O4.C3H3F3O2/c1-33(2,3)47-32(46)40-13-14-41-23-8-6-7-21(15-23)26(9-4-5-12-36-31(45)28(41)18-40)42-20-37-25(17-30(42)44)24-16-22(34)10-11-27(24)43-19-29(35)38-39-43;1-2(7)8-3(4,5)6/h6-8,10-11,15-17,19-20,26,28H,4-5,9,12-14,18H2,1-3H3,(H,36,45);1H3/t26-,28+;/m0./s1. The number of anilines is 1. The van der Waals surface area contributed by atoms with Crippen LogP contribution in [0.3, 0.4) is 0 Å². The summed E-state index contributed by atoms with van der Waals surface area (Å²) in [4.78, 5) is 58.0. The van der Waals surface area contributed by atoms with Crippen LogP contribution in [0, 0.1) is 0 Å².